The van der Waals surface area contributed by atoms with Crippen LogP contribution in [0.4, 0.5) is 0 Å². The fourth-order valence-electron chi connectivity index (χ4n) is 2.60. The predicted octanol–water partition coefficient (Wildman–Crippen LogP) is 1.53. The summed E-state index contributed by atoms with van der Waals surface area (Å²) in [4.78, 5) is 12.2. The Balaban J connectivity index is 1.98. The highest BCUT2D eigenvalue weighted by molar-refractivity contribution is 5.83. The quantitative estimate of drug-likeness (QED) is 0.756. The molecule has 0 spiro atoms. The first kappa shape index (κ1) is 12.9. The van der Waals surface area contributed by atoms with Gasteiger partial charge < -0.3 is 16.2 Å². The number of phenols is 1. The minimum absolute atomic E-state index is 0.0192. The van der Waals surface area contributed by atoms with Crippen molar-refractivity contribution in [2.75, 3.05) is 6.54 Å². The van der Waals surface area contributed by atoms with Gasteiger partial charge in [-0.2, -0.15) is 0 Å². The summed E-state index contributed by atoms with van der Waals surface area (Å²) in [5.74, 6) is 0.233. The van der Waals surface area contributed by atoms with Crippen molar-refractivity contribution in [1.29, 1.82) is 0 Å². The average Bonchev–Trinajstić information content (AvgIpc) is 2.87. The van der Waals surface area contributed by atoms with Crippen LogP contribution in [0.5, 0.6) is 5.75 Å². The molecule has 0 atom stereocenters. The molecule has 1 amide bonds. The van der Waals surface area contributed by atoms with Gasteiger partial charge in [-0.3, -0.25) is 4.79 Å². The second-order valence-electron chi connectivity index (χ2n) is 5.00. The lowest BCUT2D eigenvalue weighted by Crippen LogP contribution is -2.43. The molecule has 0 heterocycles. The maximum absolute atomic E-state index is 12.2. The van der Waals surface area contributed by atoms with Crippen molar-refractivity contribution in [3.8, 4) is 5.75 Å². The topological polar surface area (TPSA) is 75.4 Å². The molecule has 4 N–H and O–H groups in total. The van der Waals surface area contributed by atoms with Crippen molar-refractivity contribution in [2.45, 2.75) is 32.2 Å². The Labute approximate surface area is 107 Å². The summed E-state index contributed by atoms with van der Waals surface area (Å²) in [6, 6.07) is 7.03. The van der Waals surface area contributed by atoms with Crippen LogP contribution in [0.2, 0.25) is 0 Å². The highest BCUT2D eigenvalue weighted by Crippen LogP contribution is 2.37. The zero-order valence-electron chi connectivity index (χ0n) is 10.5. The van der Waals surface area contributed by atoms with E-state index in [9.17, 15) is 9.90 Å². The van der Waals surface area contributed by atoms with Gasteiger partial charge in [0, 0.05) is 18.7 Å². The van der Waals surface area contributed by atoms with Crippen molar-refractivity contribution in [2.24, 2.45) is 11.1 Å². The average molecular weight is 248 g/mol. The fraction of sp³-hybridized carbons (Fsp3) is 0.500. The fourth-order valence-corrected chi connectivity index (χ4v) is 2.60. The SMILES string of the molecule is NCC1(C(=O)NCc2ccccc2O)CCCC1. The van der Waals surface area contributed by atoms with E-state index in [0.29, 0.717) is 13.1 Å². The molecule has 0 saturated heterocycles. The minimum Gasteiger partial charge on any atom is -0.508 e. The van der Waals surface area contributed by atoms with Crippen LogP contribution >= 0.6 is 0 Å². The van der Waals surface area contributed by atoms with E-state index in [1.165, 1.54) is 0 Å². The van der Waals surface area contributed by atoms with Gasteiger partial charge in [0.1, 0.15) is 5.75 Å². The standard InChI is InChI=1S/C14H20N2O2/c15-10-14(7-3-4-8-14)13(18)16-9-11-5-1-2-6-12(11)17/h1-2,5-6,17H,3-4,7-10,15H2,(H,16,18). The number of carbonyl (C=O) groups is 1. The lowest BCUT2D eigenvalue weighted by Gasteiger charge is -2.25. The molecule has 4 heteroatoms. The van der Waals surface area contributed by atoms with Gasteiger partial charge in [0.2, 0.25) is 5.91 Å². The third kappa shape index (κ3) is 2.48. The molecule has 0 aromatic heterocycles. The summed E-state index contributed by atoms with van der Waals surface area (Å²) in [5, 5.41) is 12.5. The van der Waals surface area contributed by atoms with E-state index >= 15 is 0 Å². The van der Waals surface area contributed by atoms with Crippen LogP contribution in [-0.4, -0.2) is 17.6 Å². The number of hydrogen-bond donors (Lipinski definition) is 3. The first-order chi connectivity index (χ1) is 8.68. The Bertz CT molecular complexity index is 426. The molecule has 0 aliphatic heterocycles. The lowest BCUT2D eigenvalue weighted by atomic mass is 9.85. The monoisotopic (exact) mass is 248 g/mol. The number of amides is 1. The molecule has 1 aliphatic rings. The van der Waals surface area contributed by atoms with Crippen molar-refractivity contribution < 1.29 is 9.90 Å². The highest BCUT2D eigenvalue weighted by Gasteiger charge is 2.39. The largest absolute Gasteiger partial charge is 0.508 e. The highest BCUT2D eigenvalue weighted by atomic mass is 16.3. The third-order valence-corrected chi connectivity index (χ3v) is 3.86. The van der Waals surface area contributed by atoms with Gasteiger partial charge in [-0.25, -0.2) is 0 Å². The van der Waals surface area contributed by atoms with E-state index < -0.39 is 0 Å². The third-order valence-electron chi connectivity index (χ3n) is 3.86. The Morgan fingerprint density at radius 2 is 2.00 bits per heavy atom. The molecule has 1 aromatic carbocycles. The molecule has 1 fully saturated rings. The predicted molar refractivity (Wildman–Crippen MR) is 69.9 cm³/mol. The summed E-state index contributed by atoms with van der Waals surface area (Å²) in [7, 11) is 0. The molecule has 1 aliphatic carbocycles. The second kappa shape index (κ2) is 5.40. The zero-order valence-corrected chi connectivity index (χ0v) is 10.5. The van der Waals surface area contributed by atoms with Gasteiger partial charge in [-0.1, -0.05) is 31.0 Å². The van der Waals surface area contributed by atoms with Crippen LogP contribution in [0.15, 0.2) is 24.3 Å². The molecule has 0 radical (unpaired) electrons. The summed E-state index contributed by atoms with van der Waals surface area (Å²) in [5.41, 5.74) is 6.11. The number of nitrogens with two attached hydrogens (primary N) is 1. The van der Waals surface area contributed by atoms with E-state index in [-0.39, 0.29) is 17.1 Å². The van der Waals surface area contributed by atoms with Gasteiger partial charge in [-0.15, -0.1) is 0 Å². The molecule has 1 saturated carbocycles. The van der Waals surface area contributed by atoms with Gasteiger partial charge in [0.05, 0.1) is 5.41 Å². The number of hydrogen-bond acceptors (Lipinski definition) is 3. The molecular formula is C14H20N2O2. The van der Waals surface area contributed by atoms with Gasteiger partial charge in [0.15, 0.2) is 0 Å². The number of benzene rings is 1. The van der Waals surface area contributed by atoms with Gasteiger partial charge in [-0.05, 0) is 18.9 Å². The molecule has 1 aromatic rings. The first-order valence-electron chi connectivity index (χ1n) is 6.43. The van der Waals surface area contributed by atoms with E-state index in [2.05, 4.69) is 5.32 Å². The number of nitrogens with one attached hydrogen (secondary N) is 1. The smallest absolute Gasteiger partial charge is 0.227 e. The van der Waals surface area contributed by atoms with Crippen LogP contribution in [-0.2, 0) is 11.3 Å². The van der Waals surface area contributed by atoms with E-state index in [1.807, 2.05) is 6.07 Å². The van der Waals surface area contributed by atoms with Crippen LogP contribution in [0.1, 0.15) is 31.2 Å². The lowest BCUT2D eigenvalue weighted by molar-refractivity contribution is -0.130. The van der Waals surface area contributed by atoms with Crippen LogP contribution in [0, 0.1) is 5.41 Å². The second-order valence-corrected chi connectivity index (χ2v) is 5.00. The maximum atomic E-state index is 12.2. The van der Waals surface area contributed by atoms with Crippen molar-refractivity contribution in [3.05, 3.63) is 29.8 Å². The van der Waals surface area contributed by atoms with E-state index in [1.54, 1.807) is 18.2 Å². The van der Waals surface area contributed by atoms with Gasteiger partial charge >= 0.3 is 0 Å². The Kier molecular flexibility index (Phi) is 3.87. The normalized spacial score (nSPS) is 17.6. The molecule has 18 heavy (non-hydrogen) atoms. The molecule has 98 valence electrons. The summed E-state index contributed by atoms with van der Waals surface area (Å²) < 4.78 is 0. The molecule has 2 rings (SSSR count). The molecule has 0 unspecified atom stereocenters. The molecule has 4 nitrogen and oxygen atoms in total. The maximum Gasteiger partial charge on any atom is 0.227 e. The van der Waals surface area contributed by atoms with Crippen LogP contribution in [0.3, 0.4) is 0 Å². The number of aromatic hydroxyl groups is 1. The number of carbonyl (C=O) groups excluding carboxylic acids is 1. The number of phenolic OH excluding ortho intramolecular Hbond substituents is 1. The molecular weight excluding hydrogens is 228 g/mol. The number of para-hydroxylation sites is 1. The Hall–Kier alpha value is -1.55. The Morgan fingerprint density at radius 3 is 2.61 bits per heavy atom. The van der Waals surface area contributed by atoms with Gasteiger partial charge in [0.25, 0.3) is 0 Å². The van der Waals surface area contributed by atoms with E-state index in [4.69, 9.17) is 5.73 Å². The summed E-state index contributed by atoms with van der Waals surface area (Å²) >= 11 is 0. The van der Waals surface area contributed by atoms with Crippen LogP contribution in [0.25, 0.3) is 0 Å². The minimum atomic E-state index is -0.385. The zero-order chi connectivity index (χ0) is 13.0. The van der Waals surface area contributed by atoms with Crippen molar-refractivity contribution >= 4 is 5.91 Å². The number of rotatable bonds is 4. The summed E-state index contributed by atoms with van der Waals surface area (Å²) in [6.07, 6.45) is 3.88. The molecule has 0 bridgehead atoms. The van der Waals surface area contributed by atoms with Crippen LogP contribution < -0.4 is 11.1 Å². The summed E-state index contributed by atoms with van der Waals surface area (Å²) in [6.45, 7) is 0.757. The Morgan fingerprint density at radius 1 is 1.33 bits per heavy atom. The van der Waals surface area contributed by atoms with E-state index in [0.717, 1.165) is 31.2 Å². The van der Waals surface area contributed by atoms with Crippen molar-refractivity contribution in [1.82, 2.24) is 5.32 Å². The van der Waals surface area contributed by atoms with Crippen molar-refractivity contribution in [3.63, 3.8) is 0 Å². The first-order valence-corrected chi connectivity index (χ1v) is 6.43.